The number of nitrogens with zero attached hydrogens (tertiary/aromatic N) is 4. The van der Waals surface area contributed by atoms with Crippen LogP contribution >= 0.6 is 11.3 Å². The van der Waals surface area contributed by atoms with Crippen LogP contribution in [0.5, 0.6) is 0 Å². The first-order chi connectivity index (χ1) is 12.2. The Morgan fingerprint density at radius 2 is 2.12 bits per heavy atom. The molecule has 0 bridgehead atoms. The molecule has 1 amide bonds. The van der Waals surface area contributed by atoms with Gasteiger partial charge in [-0.3, -0.25) is 9.78 Å². The summed E-state index contributed by atoms with van der Waals surface area (Å²) in [6.45, 7) is 3.67. The maximum atomic E-state index is 12.6. The molecule has 3 aromatic rings. The van der Waals surface area contributed by atoms with Gasteiger partial charge in [-0.15, -0.1) is 0 Å². The minimum absolute atomic E-state index is 0.0148. The van der Waals surface area contributed by atoms with Gasteiger partial charge in [-0.25, -0.2) is 9.97 Å². The van der Waals surface area contributed by atoms with E-state index in [0.29, 0.717) is 5.13 Å². The van der Waals surface area contributed by atoms with Crippen molar-refractivity contribution in [1.29, 1.82) is 0 Å². The largest absolute Gasteiger partial charge is 0.355 e. The zero-order valence-corrected chi connectivity index (χ0v) is 14.8. The zero-order valence-electron chi connectivity index (χ0n) is 14.0. The normalized spacial score (nSPS) is 15.5. The Kier molecular flexibility index (Phi) is 4.31. The minimum atomic E-state index is 0.0148. The average Bonchev–Trinajstić information content (AvgIpc) is 3.06. The van der Waals surface area contributed by atoms with Crippen LogP contribution in [0.15, 0.2) is 36.8 Å². The Hall–Kier alpha value is -2.54. The summed E-state index contributed by atoms with van der Waals surface area (Å²) in [4.78, 5) is 27.8. The molecule has 3 heterocycles. The van der Waals surface area contributed by atoms with Crippen LogP contribution < -0.4 is 10.2 Å². The Balaban J connectivity index is 1.39. The number of piperidine rings is 1. The standard InChI is InChI=1S/C18H19N5OS/c1-12-3-2-4-14-16(12)21-18(25-14)22-17(24)13-5-9-23(10-6-13)15-11-19-7-8-20-15/h2-4,7-8,11,13H,5-6,9-10H2,1H3,(H,21,22,24). The number of thiazole rings is 1. The summed E-state index contributed by atoms with van der Waals surface area (Å²) in [5.41, 5.74) is 2.10. The van der Waals surface area contributed by atoms with Crippen molar-refractivity contribution in [2.75, 3.05) is 23.3 Å². The first-order valence-electron chi connectivity index (χ1n) is 8.39. The molecule has 0 unspecified atom stereocenters. The molecule has 25 heavy (non-hydrogen) atoms. The summed E-state index contributed by atoms with van der Waals surface area (Å²) in [5, 5.41) is 3.69. The van der Waals surface area contributed by atoms with Crippen molar-refractivity contribution in [3.63, 3.8) is 0 Å². The van der Waals surface area contributed by atoms with Crippen molar-refractivity contribution >= 4 is 38.4 Å². The lowest BCUT2D eigenvalue weighted by Crippen LogP contribution is -2.38. The lowest BCUT2D eigenvalue weighted by molar-refractivity contribution is -0.120. The number of fused-ring (bicyclic) bond motifs is 1. The number of amides is 1. The van der Waals surface area contributed by atoms with Crippen molar-refractivity contribution in [2.45, 2.75) is 19.8 Å². The fourth-order valence-corrected chi connectivity index (χ4v) is 4.12. The van der Waals surface area contributed by atoms with Crippen LogP contribution in [0, 0.1) is 12.8 Å². The molecular formula is C18H19N5OS. The number of benzene rings is 1. The highest BCUT2D eigenvalue weighted by Crippen LogP contribution is 2.29. The van der Waals surface area contributed by atoms with Crippen LogP contribution in [-0.2, 0) is 4.79 Å². The number of carbonyl (C=O) groups excluding carboxylic acids is 1. The first-order valence-corrected chi connectivity index (χ1v) is 9.20. The molecule has 6 nitrogen and oxygen atoms in total. The van der Waals surface area contributed by atoms with E-state index in [1.165, 1.54) is 11.3 Å². The van der Waals surface area contributed by atoms with Crippen LogP contribution in [0.1, 0.15) is 18.4 Å². The minimum Gasteiger partial charge on any atom is -0.355 e. The van der Waals surface area contributed by atoms with E-state index < -0.39 is 0 Å². The van der Waals surface area contributed by atoms with Gasteiger partial charge in [0.2, 0.25) is 5.91 Å². The van der Waals surface area contributed by atoms with E-state index in [0.717, 1.165) is 47.5 Å². The molecule has 1 saturated heterocycles. The zero-order chi connectivity index (χ0) is 17.2. The lowest BCUT2D eigenvalue weighted by Gasteiger charge is -2.31. The number of carbonyl (C=O) groups is 1. The van der Waals surface area contributed by atoms with Crippen molar-refractivity contribution in [1.82, 2.24) is 15.0 Å². The maximum Gasteiger partial charge on any atom is 0.229 e. The molecular weight excluding hydrogens is 334 g/mol. The topological polar surface area (TPSA) is 71.0 Å². The van der Waals surface area contributed by atoms with Crippen molar-refractivity contribution in [3.8, 4) is 0 Å². The van der Waals surface area contributed by atoms with E-state index in [-0.39, 0.29) is 11.8 Å². The summed E-state index contributed by atoms with van der Waals surface area (Å²) in [6, 6.07) is 6.09. The highest BCUT2D eigenvalue weighted by molar-refractivity contribution is 7.22. The molecule has 0 radical (unpaired) electrons. The van der Waals surface area contributed by atoms with Gasteiger partial charge >= 0.3 is 0 Å². The van der Waals surface area contributed by atoms with Gasteiger partial charge in [0.1, 0.15) is 5.82 Å². The van der Waals surface area contributed by atoms with Crippen molar-refractivity contribution in [2.24, 2.45) is 5.92 Å². The van der Waals surface area contributed by atoms with Gasteiger partial charge < -0.3 is 10.2 Å². The molecule has 4 rings (SSSR count). The van der Waals surface area contributed by atoms with Crippen molar-refractivity contribution < 1.29 is 4.79 Å². The Morgan fingerprint density at radius 3 is 2.84 bits per heavy atom. The number of hydrogen-bond acceptors (Lipinski definition) is 6. The predicted molar refractivity (Wildman–Crippen MR) is 100.0 cm³/mol. The number of para-hydroxylation sites is 1. The van der Waals surface area contributed by atoms with Crippen molar-refractivity contribution in [3.05, 3.63) is 42.4 Å². The van der Waals surface area contributed by atoms with Crippen LogP contribution in [0.3, 0.4) is 0 Å². The van der Waals surface area contributed by atoms with Gasteiger partial charge in [0, 0.05) is 31.4 Å². The van der Waals surface area contributed by atoms with Gasteiger partial charge in [-0.05, 0) is 31.4 Å². The molecule has 2 aromatic heterocycles. The molecule has 0 atom stereocenters. The third-order valence-corrected chi connectivity index (χ3v) is 5.53. The summed E-state index contributed by atoms with van der Waals surface area (Å²) < 4.78 is 1.10. The molecule has 0 aliphatic carbocycles. The van der Waals surface area contributed by atoms with Gasteiger partial charge in [-0.2, -0.15) is 0 Å². The molecule has 7 heteroatoms. The SMILES string of the molecule is Cc1cccc2sc(NC(=O)C3CCN(c4cnccn4)CC3)nc12. The van der Waals surface area contributed by atoms with Gasteiger partial charge in [-0.1, -0.05) is 23.5 Å². The Labute approximate surface area is 149 Å². The second-order valence-electron chi connectivity index (χ2n) is 6.25. The Morgan fingerprint density at radius 1 is 1.28 bits per heavy atom. The number of rotatable bonds is 3. The number of aryl methyl sites for hydroxylation is 1. The molecule has 0 saturated carbocycles. The van der Waals surface area contributed by atoms with Crippen LogP contribution in [0.2, 0.25) is 0 Å². The highest BCUT2D eigenvalue weighted by Gasteiger charge is 2.26. The van der Waals surface area contributed by atoms with E-state index >= 15 is 0 Å². The third kappa shape index (κ3) is 3.32. The fourth-order valence-electron chi connectivity index (χ4n) is 3.17. The van der Waals surface area contributed by atoms with Gasteiger partial charge in [0.15, 0.2) is 5.13 Å². The molecule has 1 aliphatic heterocycles. The molecule has 1 fully saturated rings. The molecule has 0 spiro atoms. The predicted octanol–water partition coefficient (Wildman–Crippen LogP) is 3.25. The van der Waals surface area contributed by atoms with Crippen LogP contribution in [0.25, 0.3) is 10.2 Å². The summed E-state index contributed by atoms with van der Waals surface area (Å²) in [6.07, 6.45) is 6.76. The lowest BCUT2D eigenvalue weighted by atomic mass is 9.96. The second-order valence-corrected chi connectivity index (χ2v) is 7.29. The number of nitrogens with one attached hydrogen (secondary N) is 1. The molecule has 1 N–H and O–H groups in total. The summed E-state index contributed by atoms with van der Waals surface area (Å²) in [5.74, 6) is 0.958. The smallest absolute Gasteiger partial charge is 0.229 e. The second kappa shape index (κ2) is 6.76. The third-order valence-electron chi connectivity index (χ3n) is 4.59. The van der Waals surface area contributed by atoms with Gasteiger partial charge in [0.25, 0.3) is 0 Å². The summed E-state index contributed by atoms with van der Waals surface area (Å²) in [7, 11) is 0. The van der Waals surface area contributed by atoms with Gasteiger partial charge in [0.05, 0.1) is 16.4 Å². The average molecular weight is 353 g/mol. The quantitative estimate of drug-likeness (QED) is 0.783. The fraction of sp³-hybridized carbons (Fsp3) is 0.333. The number of anilines is 2. The van der Waals surface area contributed by atoms with E-state index in [1.807, 2.05) is 25.1 Å². The van der Waals surface area contributed by atoms with E-state index in [4.69, 9.17) is 0 Å². The highest BCUT2D eigenvalue weighted by atomic mass is 32.1. The van der Waals surface area contributed by atoms with Crippen LogP contribution in [0.4, 0.5) is 10.9 Å². The van der Waals surface area contributed by atoms with E-state index in [9.17, 15) is 4.79 Å². The monoisotopic (exact) mass is 353 g/mol. The molecule has 128 valence electrons. The number of hydrogen-bond donors (Lipinski definition) is 1. The Bertz CT molecular complexity index is 887. The molecule has 1 aliphatic rings. The van der Waals surface area contributed by atoms with E-state index in [2.05, 4.69) is 25.2 Å². The molecule has 1 aromatic carbocycles. The van der Waals surface area contributed by atoms with E-state index in [1.54, 1.807) is 18.6 Å². The summed E-state index contributed by atoms with van der Waals surface area (Å²) >= 11 is 1.53. The van der Waals surface area contributed by atoms with Crippen LogP contribution in [-0.4, -0.2) is 33.9 Å². The maximum absolute atomic E-state index is 12.6. The first kappa shape index (κ1) is 16.0. The number of aromatic nitrogens is 3.